The zero-order valence-corrected chi connectivity index (χ0v) is 11.8. The van der Waals surface area contributed by atoms with Gasteiger partial charge in [-0.05, 0) is 55.0 Å². The third-order valence-electron chi connectivity index (χ3n) is 3.30. The summed E-state index contributed by atoms with van der Waals surface area (Å²) in [5, 5.41) is 6.24. The van der Waals surface area contributed by atoms with Crippen molar-refractivity contribution in [1.29, 1.82) is 0 Å². The summed E-state index contributed by atoms with van der Waals surface area (Å²) in [6.07, 6.45) is 2.45. The molecule has 0 atom stereocenters. The van der Waals surface area contributed by atoms with Gasteiger partial charge in [-0.25, -0.2) is 0 Å². The van der Waals surface area contributed by atoms with Gasteiger partial charge in [0.05, 0.1) is 0 Å². The van der Waals surface area contributed by atoms with Crippen LogP contribution in [0.4, 0.5) is 5.69 Å². The number of nitrogens with one attached hydrogen (secondary N) is 2. The maximum Gasteiger partial charge on any atom is 0.251 e. The molecule has 0 bridgehead atoms. The van der Waals surface area contributed by atoms with E-state index < -0.39 is 0 Å². The molecule has 1 aromatic carbocycles. The van der Waals surface area contributed by atoms with Crippen molar-refractivity contribution < 1.29 is 4.79 Å². The van der Waals surface area contributed by atoms with E-state index in [0.29, 0.717) is 6.04 Å². The Labute approximate surface area is 113 Å². The molecule has 3 nitrogen and oxygen atoms in total. The first kappa shape index (κ1) is 13.3. The third-order valence-corrected chi connectivity index (χ3v) is 4.35. The van der Waals surface area contributed by atoms with Crippen LogP contribution in [0.15, 0.2) is 18.2 Å². The van der Waals surface area contributed by atoms with Gasteiger partial charge in [0.15, 0.2) is 0 Å². The fourth-order valence-electron chi connectivity index (χ4n) is 2.17. The van der Waals surface area contributed by atoms with Crippen molar-refractivity contribution in [3.05, 3.63) is 29.3 Å². The lowest BCUT2D eigenvalue weighted by Gasteiger charge is -2.24. The lowest BCUT2D eigenvalue weighted by atomic mass is 10.1. The Hall–Kier alpha value is -1.16. The highest BCUT2D eigenvalue weighted by Crippen LogP contribution is 2.23. The lowest BCUT2D eigenvalue weighted by molar-refractivity contribution is 0.0963. The van der Waals surface area contributed by atoms with Gasteiger partial charge >= 0.3 is 0 Å². The van der Waals surface area contributed by atoms with E-state index in [1.54, 1.807) is 7.05 Å². The second kappa shape index (κ2) is 6.14. The van der Waals surface area contributed by atoms with Crippen molar-refractivity contribution in [1.82, 2.24) is 5.32 Å². The Bertz CT molecular complexity index is 428. The van der Waals surface area contributed by atoms with Gasteiger partial charge in [-0.3, -0.25) is 4.79 Å². The second-order valence-electron chi connectivity index (χ2n) is 4.64. The van der Waals surface area contributed by atoms with Crippen molar-refractivity contribution in [2.75, 3.05) is 23.9 Å². The molecule has 0 unspecified atom stereocenters. The summed E-state index contributed by atoms with van der Waals surface area (Å²) in [5.74, 6) is 2.46. The third kappa shape index (κ3) is 3.19. The topological polar surface area (TPSA) is 41.1 Å². The largest absolute Gasteiger partial charge is 0.382 e. The molecule has 98 valence electrons. The highest BCUT2D eigenvalue weighted by Gasteiger charge is 2.14. The standard InChI is InChI=1S/C14H20N2OS/c1-10-9-11(14(17)15-2)3-4-13(10)16-12-5-7-18-8-6-12/h3-4,9,12,16H,5-8H2,1-2H3,(H,15,17). The van der Waals surface area contributed by atoms with Crippen LogP contribution in [-0.2, 0) is 0 Å². The number of anilines is 1. The van der Waals surface area contributed by atoms with Crippen molar-refractivity contribution in [3.8, 4) is 0 Å². The Kier molecular flexibility index (Phi) is 4.53. The molecule has 4 heteroatoms. The fourth-order valence-corrected chi connectivity index (χ4v) is 3.28. The predicted octanol–water partition coefficient (Wildman–Crippen LogP) is 2.66. The first-order chi connectivity index (χ1) is 8.70. The highest BCUT2D eigenvalue weighted by molar-refractivity contribution is 7.99. The van der Waals surface area contributed by atoms with Crippen LogP contribution >= 0.6 is 11.8 Å². The molecule has 0 radical (unpaired) electrons. The molecule has 1 aliphatic heterocycles. The van der Waals surface area contributed by atoms with Crippen LogP contribution in [0.2, 0.25) is 0 Å². The molecule has 1 heterocycles. The number of thioether (sulfide) groups is 1. The van der Waals surface area contributed by atoms with Crippen LogP contribution in [-0.4, -0.2) is 30.5 Å². The van der Waals surface area contributed by atoms with Gasteiger partial charge in [-0.15, -0.1) is 0 Å². The summed E-state index contributed by atoms with van der Waals surface area (Å²) in [4.78, 5) is 11.5. The Morgan fingerprint density at radius 1 is 1.33 bits per heavy atom. The molecule has 1 fully saturated rings. The zero-order chi connectivity index (χ0) is 13.0. The van der Waals surface area contributed by atoms with Crippen molar-refractivity contribution in [2.45, 2.75) is 25.8 Å². The zero-order valence-electron chi connectivity index (χ0n) is 11.0. The Morgan fingerprint density at radius 2 is 2.06 bits per heavy atom. The number of hydrogen-bond donors (Lipinski definition) is 2. The van der Waals surface area contributed by atoms with Gasteiger partial charge in [0.1, 0.15) is 0 Å². The number of carbonyl (C=O) groups is 1. The molecule has 0 aromatic heterocycles. The van der Waals surface area contributed by atoms with E-state index in [1.807, 2.05) is 36.9 Å². The summed E-state index contributed by atoms with van der Waals surface area (Å²) in [5.41, 5.74) is 3.01. The maximum absolute atomic E-state index is 11.5. The van der Waals surface area contributed by atoms with E-state index in [0.717, 1.165) is 16.8 Å². The number of carbonyl (C=O) groups excluding carboxylic acids is 1. The smallest absolute Gasteiger partial charge is 0.251 e. The van der Waals surface area contributed by atoms with Crippen LogP contribution in [0.3, 0.4) is 0 Å². The van der Waals surface area contributed by atoms with Crippen molar-refractivity contribution in [2.24, 2.45) is 0 Å². The molecule has 2 rings (SSSR count). The first-order valence-electron chi connectivity index (χ1n) is 6.37. The molecule has 0 spiro atoms. The summed E-state index contributed by atoms with van der Waals surface area (Å²) in [6.45, 7) is 2.05. The fraction of sp³-hybridized carbons (Fsp3) is 0.500. The molecule has 1 aliphatic rings. The lowest BCUT2D eigenvalue weighted by Crippen LogP contribution is -2.25. The van der Waals surface area contributed by atoms with E-state index in [-0.39, 0.29) is 5.91 Å². The molecule has 2 N–H and O–H groups in total. The quantitative estimate of drug-likeness (QED) is 0.882. The highest BCUT2D eigenvalue weighted by atomic mass is 32.2. The van der Waals surface area contributed by atoms with Crippen LogP contribution in [0.25, 0.3) is 0 Å². The molecule has 18 heavy (non-hydrogen) atoms. The average Bonchev–Trinajstić information content (AvgIpc) is 2.41. The van der Waals surface area contributed by atoms with Crippen LogP contribution < -0.4 is 10.6 Å². The Balaban J connectivity index is 2.07. The van der Waals surface area contributed by atoms with Gasteiger partial charge in [0.2, 0.25) is 0 Å². The number of rotatable bonds is 3. The van der Waals surface area contributed by atoms with E-state index in [9.17, 15) is 4.79 Å². The average molecular weight is 264 g/mol. The monoisotopic (exact) mass is 264 g/mol. The number of aryl methyl sites for hydroxylation is 1. The molecule has 1 aromatic rings. The molecule has 0 saturated carbocycles. The number of benzene rings is 1. The summed E-state index contributed by atoms with van der Waals surface area (Å²) < 4.78 is 0. The molecule has 0 aliphatic carbocycles. The summed E-state index contributed by atoms with van der Waals surface area (Å²) in [7, 11) is 1.66. The van der Waals surface area contributed by atoms with Gasteiger partial charge in [-0.2, -0.15) is 11.8 Å². The molecule has 1 saturated heterocycles. The van der Waals surface area contributed by atoms with Gasteiger partial charge in [0, 0.05) is 24.3 Å². The van der Waals surface area contributed by atoms with E-state index in [1.165, 1.54) is 24.3 Å². The number of hydrogen-bond acceptors (Lipinski definition) is 3. The molecular formula is C14H20N2OS. The normalized spacial score (nSPS) is 16.3. The van der Waals surface area contributed by atoms with Crippen LogP contribution in [0.5, 0.6) is 0 Å². The minimum Gasteiger partial charge on any atom is -0.382 e. The summed E-state index contributed by atoms with van der Waals surface area (Å²) >= 11 is 2.03. The van der Waals surface area contributed by atoms with Gasteiger partial charge in [0.25, 0.3) is 5.91 Å². The van der Waals surface area contributed by atoms with Gasteiger partial charge < -0.3 is 10.6 Å². The Morgan fingerprint density at radius 3 is 2.67 bits per heavy atom. The van der Waals surface area contributed by atoms with Crippen molar-refractivity contribution >= 4 is 23.4 Å². The SMILES string of the molecule is CNC(=O)c1ccc(NC2CCSCC2)c(C)c1. The summed E-state index contributed by atoms with van der Waals surface area (Å²) in [6, 6.07) is 6.42. The van der Waals surface area contributed by atoms with Gasteiger partial charge in [-0.1, -0.05) is 0 Å². The minimum atomic E-state index is -0.0290. The number of amides is 1. The van der Waals surface area contributed by atoms with Crippen molar-refractivity contribution in [3.63, 3.8) is 0 Å². The maximum atomic E-state index is 11.5. The first-order valence-corrected chi connectivity index (χ1v) is 7.53. The second-order valence-corrected chi connectivity index (χ2v) is 5.86. The predicted molar refractivity (Wildman–Crippen MR) is 78.5 cm³/mol. The van der Waals surface area contributed by atoms with E-state index in [2.05, 4.69) is 10.6 Å². The van der Waals surface area contributed by atoms with Crippen LogP contribution in [0.1, 0.15) is 28.8 Å². The van der Waals surface area contributed by atoms with Crippen LogP contribution in [0, 0.1) is 6.92 Å². The molecule has 1 amide bonds. The molecular weight excluding hydrogens is 244 g/mol. The minimum absolute atomic E-state index is 0.0290. The van der Waals surface area contributed by atoms with E-state index >= 15 is 0 Å². The van der Waals surface area contributed by atoms with E-state index in [4.69, 9.17) is 0 Å².